The SMILES string of the molecule is C=C(C)c1csc(C(CCC)CCC)n1. The predicted octanol–water partition coefficient (Wildman–Crippen LogP) is 4.86. The molecule has 0 saturated heterocycles. The molecule has 0 aliphatic heterocycles. The summed E-state index contributed by atoms with van der Waals surface area (Å²) in [6.45, 7) is 10.4. The van der Waals surface area contributed by atoms with Crippen LogP contribution >= 0.6 is 11.3 Å². The Morgan fingerprint density at radius 1 is 1.40 bits per heavy atom. The fourth-order valence-electron chi connectivity index (χ4n) is 1.76. The van der Waals surface area contributed by atoms with Gasteiger partial charge in [-0.05, 0) is 25.3 Å². The molecule has 0 N–H and O–H groups in total. The quantitative estimate of drug-likeness (QED) is 0.671. The highest BCUT2D eigenvalue weighted by molar-refractivity contribution is 7.09. The number of thiazole rings is 1. The molecule has 0 aliphatic carbocycles. The third-order valence-corrected chi connectivity index (χ3v) is 3.59. The molecule has 0 aliphatic rings. The van der Waals surface area contributed by atoms with Crippen LogP contribution in [-0.4, -0.2) is 4.98 Å². The van der Waals surface area contributed by atoms with Crippen LogP contribution in [0, 0.1) is 0 Å². The van der Waals surface area contributed by atoms with E-state index in [9.17, 15) is 0 Å². The summed E-state index contributed by atoms with van der Waals surface area (Å²) in [5.74, 6) is 0.665. The minimum absolute atomic E-state index is 0.665. The van der Waals surface area contributed by atoms with Crippen LogP contribution in [-0.2, 0) is 0 Å². The second kappa shape index (κ2) is 6.06. The second-order valence-corrected chi connectivity index (χ2v) is 5.02. The smallest absolute Gasteiger partial charge is 0.0963 e. The number of nitrogens with zero attached hydrogens (tertiary/aromatic N) is 1. The Balaban J connectivity index is 2.76. The number of allylic oxidation sites excluding steroid dienone is 1. The van der Waals surface area contributed by atoms with Crippen LogP contribution in [0.2, 0.25) is 0 Å². The Morgan fingerprint density at radius 3 is 2.40 bits per heavy atom. The summed E-state index contributed by atoms with van der Waals surface area (Å²) in [6.07, 6.45) is 5.01. The van der Waals surface area contributed by atoms with E-state index in [4.69, 9.17) is 0 Å². The fourth-order valence-corrected chi connectivity index (χ4v) is 2.82. The summed E-state index contributed by atoms with van der Waals surface area (Å²) in [5, 5.41) is 3.44. The maximum Gasteiger partial charge on any atom is 0.0963 e. The van der Waals surface area contributed by atoms with Crippen molar-refractivity contribution in [1.82, 2.24) is 4.98 Å². The molecule has 0 unspecified atom stereocenters. The van der Waals surface area contributed by atoms with Gasteiger partial charge in [-0.2, -0.15) is 0 Å². The van der Waals surface area contributed by atoms with Gasteiger partial charge < -0.3 is 0 Å². The molecule has 15 heavy (non-hydrogen) atoms. The number of aromatic nitrogens is 1. The standard InChI is InChI=1S/C13H21NS/c1-5-7-11(8-6-2)13-14-12(9-15-13)10(3)4/h9,11H,3,5-8H2,1-2,4H3. The third kappa shape index (κ3) is 3.45. The van der Waals surface area contributed by atoms with Crippen LogP contribution in [0.1, 0.15) is 63.1 Å². The first kappa shape index (κ1) is 12.4. The normalized spacial score (nSPS) is 10.9. The average molecular weight is 223 g/mol. The zero-order valence-corrected chi connectivity index (χ0v) is 10.9. The molecule has 0 saturated carbocycles. The molecule has 0 amide bonds. The number of hydrogen-bond donors (Lipinski definition) is 0. The van der Waals surface area contributed by atoms with Gasteiger partial charge in [-0.1, -0.05) is 33.3 Å². The van der Waals surface area contributed by atoms with Gasteiger partial charge in [-0.25, -0.2) is 4.98 Å². The van der Waals surface area contributed by atoms with Crippen molar-refractivity contribution in [2.75, 3.05) is 0 Å². The molecular formula is C13H21NS. The molecule has 84 valence electrons. The van der Waals surface area contributed by atoms with Crippen LogP contribution in [0.3, 0.4) is 0 Å². The number of rotatable bonds is 6. The Kier molecular flexibility index (Phi) is 5.03. The maximum atomic E-state index is 4.67. The minimum atomic E-state index is 0.665. The maximum absolute atomic E-state index is 4.67. The van der Waals surface area contributed by atoms with E-state index in [0.717, 1.165) is 11.3 Å². The molecule has 2 heteroatoms. The average Bonchev–Trinajstić information content (AvgIpc) is 2.66. The lowest BCUT2D eigenvalue weighted by molar-refractivity contribution is 0.558. The monoisotopic (exact) mass is 223 g/mol. The van der Waals surface area contributed by atoms with Gasteiger partial charge in [0.1, 0.15) is 0 Å². The fraction of sp³-hybridized carbons (Fsp3) is 0.615. The van der Waals surface area contributed by atoms with Crippen molar-refractivity contribution in [2.24, 2.45) is 0 Å². The van der Waals surface area contributed by atoms with Crippen LogP contribution in [0.25, 0.3) is 5.57 Å². The highest BCUT2D eigenvalue weighted by Crippen LogP contribution is 2.30. The van der Waals surface area contributed by atoms with Crippen molar-refractivity contribution in [1.29, 1.82) is 0 Å². The molecule has 0 spiro atoms. The van der Waals surface area contributed by atoms with Gasteiger partial charge in [0, 0.05) is 11.3 Å². The summed E-state index contributed by atoms with van der Waals surface area (Å²) in [7, 11) is 0. The van der Waals surface area contributed by atoms with E-state index in [1.807, 2.05) is 6.92 Å². The Labute approximate surface area is 97.3 Å². The lowest BCUT2D eigenvalue weighted by Gasteiger charge is -2.11. The molecule has 1 heterocycles. The van der Waals surface area contributed by atoms with Crippen molar-refractivity contribution in [3.8, 4) is 0 Å². The van der Waals surface area contributed by atoms with E-state index < -0.39 is 0 Å². The van der Waals surface area contributed by atoms with E-state index in [2.05, 4.69) is 30.8 Å². The summed E-state index contributed by atoms with van der Waals surface area (Å²) >= 11 is 1.79. The van der Waals surface area contributed by atoms with Crippen LogP contribution in [0.4, 0.5) is 0 Å². The predicted molar refractivity (Wildman–Crippen MR) is 69.4 cm³/mol. The molecule has 1 rings (SSSR count). The molecule has 0 fully saturated rings. The van der Waals surface area contributed by atoms with E-state index >= 15 is 0 Å². The Hall–Kier alpha value is -0.630. The minimum Gasteiger partial charge on any atom is -0.241 e. The van der Waals surface area contributed by atoms with Gasteiger partial charge in [0.25, 0.3) is 0 Å². The molecule has 1 nitrogen and oxygen atoms in total. The lowest BCUT2D eigenvalue weighted by Crippen LogP contribution is -1.97. The summed E-state index contributed by atoms with van der Waals surface area (Å²) in [5.41, 5.74) is 2.15. The Bertz CT molecular complexity index is 308. The van der Waals surface area contributed by atoms with Crippen molar-refractivity contribution in [2.45, 2.75) is 52.4 Å². The molecular weight excluding hydrogens is 202 g/mol. The van der Waals surface area contributed by atoms with E-state index in [1.54, 1.807) is 11.3 Å². The number of hydrogen-bond acceptors (Lipinski definition) is 2. The van der Waals surface area contributed by atoms with Gasteiger partial charge in [-0.15, -0.1) is 11.3 Å². The van der Waals surface area contributed by atoms with Gasteiger partial charge >= 0.3 is 0 Å². The van der Waals surface area contributed by atoms with Gasteiger partial charge in [-0.3, -0.25) is 0 Å². The van der Waals surface area contributed by atoms with E-state index in [-0.39, 0.29) is 0 Å². The van der Waals surface area contributed by atoms with E-state index in [0.29, 0.717) is 5.92 Å². The largest absolute Gasteiger partial charge is 0.241 e. The van der Waals surface area contributed by atoms with Gasteiger partial charge in [0.2, 0.25) is 0 Å². The Morgan fingerprint density at radius 2 is 2.00 bits per heavy atom. The molecule has 0 radical (unpaired) electrons. The highest BCUT2D eigenvalue weighted by atomic mass is 32.1. The van der Waals surface area contributed by atoms with Gasteiger partial charge in [0.05, 0.1) is 10.7 Å². The molecule has 0 aromatic carbocycles. The summed E-state index contributed by atoms with van der Waals surface area (Å²) < 4.78 is 0. The summed E-state index contributed by atoms with van der Waals surface area (Å²) in [6, 6.07) is 0. The first-order valence-corrected chi connectivity index (χ1v) is 6.68. The van der Waals surface area contributed by atoms with Crippen molar-refractivity contribution >= 4 is 16.9 Å². The van der Waals surface area contributed by atoms with Crippen molar-refractivity contribution in [3.05, 3.63) is 22.7 Å². The van der Waals surface area contributed by atoms with Crippen LogP contribution in [0.5, 0.6) is 0 Å². The van der Waals surface area contributed by atoms with Gasteiger partial charge in [0.15, 0.2) is 0 Å². The van der Waals surface area contributed by atoms with E-state index in [1.165, 1.54) is 30.7 Å². The zero-order chi connectivity index (χ0) is 11.3. The lowest BCUT2D eigenvalue weighted by atomic mass is 9.99. The topological polar surface area (TPSA) is 12.9 Å². The highest BCUT2D eigenvalue weighted by Gasteiger charge is 2.13. The molecule has 1 aromatic rings. The summed E-state index contributed by atoms with van der Waals surface area (Å²) in [4.78, 5) is 4.67. The zero-order valence-electron chi connectivity index (χ0n) is 10.0. The first-order chi connectivity index (χ1) is 7.19. The molecule has 0 bridgehead atoms. The van der Waals surface area contributed by atoms with Crippen molar-refractivity contribution < 1.29 is 0 Å². The van der Waals surface area contributed by atoms with Crippen LogP contribution < -0.4 is 0 Å². The van der Waals surface area contributed by atoms with Crippen LogP contribution in [0.15, 0.2) is 12.0 Å². The first-order valence-electron chi connectivity index (χ1n) is 5.80. The third-order valence-electron chi connectivity index (χ3n) is 2.58. The molecule has 1 aromatic heterocycles. The van der Waals surface area contributed by atoms with Crippen molar-refractivity contribution in [3.63, 3.8) is 0 Å². The molecule has 0 atom stereocenters. The second-order valence-electron chi connectivity index (χ2n) is 4.13.